The zero-order valence-corrected chi connectivity index (χ0v) is 30.8. The number of fused-ring (bicyclic) bond motifs is 5. The highest BCUT2D eigenvalue weighted by molar-refractivity contribution is 6.22. The zero-order chi connectivity index (χ0) is 37.0. The third-order valence-corrected chi connectivity index (χ3v) is 11.6. The molecule has 0 spiro atoms. The van der Waals surface area contributed by atoms with E-state index in [9.17, 15) is 0 Å². The van der Waals surface area contributed by atoms with Crippen LogP contribution in [0.15, 0.2) is 218 Å². The first-order valence-electron chi connectivity index (χ1n) is 19.4. The second kappa shape index (κ2) is 13.2. The maximum Gasteiger partial charge on any atom is -0.00261 e. The molecule has 11 aromatic rings. The quantitative estimate of drug-likeness (QED) is 0.156. The predicted molar refractivity (Wildman–Crippen MR) is 241 cm³/mol. The van der Waals surface area contributed by atoms with Gasteiger partial charge in [0.2, 0.25) is 0 Å². The molecule has 0 unspecified atom stereocenters. The van der Waals surface area contributed by atoms with E-state index >= 15 is 0 Å². The minimum Gasteiger partial charge on any atom is -0.0622 e. The Hall–Kier alpha value is -7.28. The number of hydrogen-bond donors (Lipinski definition) is 0. The molecule has 0 aliphatic heterocycles. The Morgan fingerprint density at radius 2 is 0.643 bits per heavy atom. The Balaban J connectivity index is 1.21. The lowest BCUT2D eigenvalue weighted by molar-refractivity contribution is 1.60. The van der Waals surface area contributed by atoms with Crippen LogP contribution in [-0.2, 0) is 0 Å². The van der Waals surface area contributed by atoms with Crippen molar-refractivity contribution in [3.63, 3.8) is 0 Å². The molecule has 0 heteroatoms. The summed E-state index contributed by atoms with van der Waals surface area (Å²) in [6, 6.07) is 80.5. The third kappa shape index (κ3) is 5.30. The molecule has 0 aliphatic rings. The maximum absolute atomic E-state index is 2.45. The second-order valence-corrected chi connectivity index (χ2v) is 14.8. The Bertz CT molecular complexity index is 3230. The molecular weight excluding hydrogens is 673 g/mol. The summed E-state index contributed by atoms with van der Waals surface area (Å²) >= 11 is 0. The summed E-state index contributed by atoms with van der Waals surface area (Å²) in [7, 11) is 0. The van der Waals surface area contributed by atoms with Gasteiger partial charge in [-0.2, -0.15) is 0 Å². The lowest BCUT2D eigenvalue weighted by atomic mass is 9.84. The SMILES string of the molecule is c1ccc(-c2c3ccccc3c(-c3ccc4ccc(-c5ccc6ccccc6c5)c(-c5cccc(-c6cccc7ccccc67)c5)c4c3)c3ccccc23)cc1. The molecule has 0 aromatic heterocycles. The van der Waals surface area contributed by atoms with E-state index in [2.05, 4.69) is 218 Å². The van der Waals surface area contributed by atoms with Crippen molar-refractivity contribution in [3.05, 3.63) is 218 Å². The van der Waals surface area contributed by atoms with Crippen molar-refractivity contribution in [2.45, 2.75) is 0 Å². The van der Waals surface area contributed by atoms with Crippen LogP contribution >= 0.6 is 0 Å². The van der Waals surface area contributed by atoms with Gasteiger partial charge in [0.05, 0.1) is 0 Å². The molecule has 260 valence electrons. The van der Waals surface area contributed by atoms with Crippen LogP contribution in [0.1, 0.15) is 0 Å². The van der Waals surface area contributed by atoms with Crippen LogP contribution in [0, 0.1) is 0 Å². The number of rotatable bonds is 5. The van der Waals surface area contributed by atoms with Gasteiger partial charge in [-0.25, -0.2) is 0 Å². The van der Waals surface area contributed by atoms with Gasteiger partial charge in [-0.05, 0) is 128 Å². The van der Waals surface area contributed by atoms with E-state index in [4.69, 9.17) is 0 Å². The standard InChI is InChI=1S/C56H36/c1-2-16-40(17-3-1)54-49-23-8-10-25-51(49)56(52-26-11-9-24-50(52)54)45-31-29-39-32-33-48(43-30-28-37-14-4-5-18-41(37)34-43)55(53(39)36-45)44-21-12-20-42(35-44)47-27-13-19-38-15-6-7-22-46(38)47/h1-36H. The average molecular weight is 709 g/mol. The van der Waals surface area contributed by atoms with Gasteiger partial charge in [-0.15, -0.1) is 0 Å². The summed E-state index contributed by atoms with van der Waals surface area (Å²) in [6.45, 7) is 0. The van der Waals surface area contributed by atoms with Crippen LogP contribution < -0.4 is 0 Å². The molecule has 0 atom stereocenters. The van der Waals surface area contributed by atoms with Crippen molar-refractivity contribution < 1.29 is 0 Å². The first-order valence-corrected chi connectivity index (χ1v) is 19.4. The molecule has 11 aromatic carbocycles. The van der Waals surface area contributed by atoms with Gasteiger partial charge in [-0.1, -0.05) is 200 Å². The molecule has 0 N–H and O–H groups in total. The van der Waals surface area contributed by atoms with Crippen molar-refractivity contribution in [2.24, 2.45) is 0 Å². The summed E-state index contributed by atoms with van der Waals surface area (Å²) in [5, 5.41) is 12.5. The van der Waals surface area contributed by atoms with Gasteiger partial charge in [0.1, 0.15) is 0 Å². The molecule has 0 saturated carbocycles. The van der Waals surface area contributed by atoms with E-state index in [1.54, 1.807) is 0 Å². The molecule has 0 bridgehead atoms. The fourth-order valence-electron chi connectivity index (χ4n) is 9.06. The van der Waals surface area contributed by atoms with Gasteiger partial charge in [0.15, 0.2) is 0 Å². The molecule has 0 saturated heterocycles. The molecule has 56 heavy (non-hydrogen) atoms. The molecular formula is C56H36. The van der Waals surface area contributed by atoms with Crippen LogP contribution in [0.4, 0.5) is 0 Å². The fraction of sp³-hybridized carbons (Fsp3) is 0. The monoisotopic (exact) mass is 708 g/mol. The molecule has 0 amide bonds. The average Bonchev–Trinajstić information content (AvgIpc) is 3.27. The highest BCUT2D eigenvalue weighted by Crippen LogP contribution is 2.46. The summed E-state index contributed by atoms with van der Waals surface area (Å²) in [5.74, 6) is 0. The van der Waals surface area contributed by atoms with Crippen molar-refractivity contribution in [1.29, 1.82) is 0 Å². The molecule has 0 aliphatic carbocycles. The summed E-state index contributed by atoms with van der Waals surface area (Å²) in [6.07, 6.45) is 0. The van der Waals surface area contributed by atoms with Gasteiger partial charge in [0, 0.05) is 0 Å². The smallest absolute Gasteiger partial charge is 0.00261 e. The fourth-order valence-corrected chi connectivity index (χ4v) is 9.06. The topological polar surface area (TPSA) is 0 Å². The van der Waals surface area contributed by atoms with Crippen LogP contribution in [0.2, 0.25) is 0 Å². The zero-order valence-electron chi connectivity index (χ0n) is 30.8. The molecule has 11 rings (SSSR count). The second-order valence-electron chi connectivity index (χ2n) is 14.8. The first-order chi connectivity index (χ1) is 27.8. The molecule has 0 heterocycles. The Morgan fingerprint density at radius 3 is 1.39 bits per heavy atom. The van der Waals surface area contributed by atoms with Crippen LogP contribution in [0.25, 0.3) is 109 Å². The normalized spacial score (nSPS) is 11.6. The maximum atomic E-state index is 2.45. The van der Waals surface area contributed by atoms with Crippen molar-refractivity contribution in [2.75, 3.05) is 0 Å². The first kappa shape index (κ1) is 32.2. The third-order valence-electron chi connectivity index (χ3n) is 11.6. The van der Waals surface area contributed by atoms with Crippen molar-refractivity contribution in [1.82, 2.24) is 0 Å². The minimum absolute atomic E-state index is 1.20. The number of hydrogen-bond acceptors (Lipinski definition) is 0. The van der Waals surface area contributed by atoms with E-state index in [0.717, 1.165) is 0 Å². The predicted octanol–water partition coefficient (Wildman–Crippen LogP) is 15.8. The molecule has 0 nitrogen and oxygen atoms in total. The largest absolute Gasteiger partial charge is 0.0622 e. The highest BCUT2D eigenvalue weighted by atomic mass is 14.2. The summed E-state index contributed by atoms with van der Waals surface area (Å²) in [4.78, 5) is 0. The summed E-state index contributed by atoms with van der Waals surface area (Å²) in [5.41, 5.74) is 12.3. The van der Waals surface area contributed by atoms with Gasteiger partial charge in [-0.3, -0.25) is 0 Å². The van der Waals surface area contributed by atoms with Gasteiger partial charge >= 0.3 is 0 Å². The van der Waals surface area contributed by atoms with Crippen molar-refractivity contribution in [3.8, 4) is 55.6 Å². The van der Waals surface area contributed by atoms with Crippen molar-refractivity contribution >= 4 is 53.9 Å². The Kier molecular flexibility index (Phi) is 7.60. The number of benzene rings is 11. The van der Waals surface area contributed by atoms with Crippen LogP contribution in [0.5, 0.6) is 0 Å². The van der Waals surface area contributed by atoms with E-state index in [0.29, 0.717) is 0 Å². The van der Waals surface area contributed by atoms with Crippen LogP contribution in [0.3, 0.4) is 0 Å². The van der Waals surface area contributed by atoms with Gasteiger partial charge < -0.3 is 0 Å². The van der Waals surface area contributed by atoms with E-state index in [-0.39, 0.29) is 0 Å². The Morgan fingerprint density at radius 1 is 0.179 bits per heavy atom. The molecule has 0 fully saturated rings. The highest BCUT2D eigenvalue weighted by Gasteiger charge is 2.19. The van der Waals surface area contributed by atoms with E-state index < -0.39 is 0 Å². The lowest BCUT2D eigenvalue weighted by Crippen LogP contribution is -1.92. The van der Waals surface area contributed by atoms with E-state index in [1.165, 1.54) is 109 Å². The molecule has 0 radical (unpaired) electrons. The lowest BCUT2D eigenvalue weighted by Gasteiger charge is -2.19. The minimum atomic E-state index is 1.20. The Labute approximate surface area is 326 Å². The van der Waals surface area contributed by atoms with Gasteiger partial charge in [0.25, 0.3) is 0 Å². The van der Waals surface area contributed by atoms with E-state index in [1.807, 2.05) is 0 Å². The summed E-state index contributed by atoms with van der Waals surface area (Å²) < 4.78 is 0. The van der Waals surface area contributed by atoms with Crippen LogP contribution in [-0.4, -0.2) is 0 Å².